The topological polar surface area (TPSA) is 85.0 Å². The molecular formula is C16H16BrN3O3. The van der Waals surface area contributed by atoms with Crippen molar-refractivity contribution in [2.75, 3.05) is 7.05 Å². The number of aliphatic imine (C=N–C) groups is 1. The monoisotopic (exact) mass is 377 g/mol. The van der Waals surface area contributed by atoms with Gasteiger partial charge in [0.2, 0.25) is 0 Å². The van der Waals surface area contributed by atoms with Gasteiger partial charge >= 0.3 is 0 Å². The SMILES string of the molecule is CN1C(=O)C2(N=C1N)c1cc(Br)ccc1OC1CCC(=O)CC12. The Morgan fingerprint density at radius 2 is 2.22 bits per heavy atom. The molecule has 1 fully saturated rings. The van der Waals surface area contributed by atoms with Gasteiger partial charge in [-0.25, -0.2) is 4.99 Å². The Labute approximate surface area is 141 Å². The zero-order chi connectivity index (χ0) is 16.4. The number of benzene rings is 1. The van der Waals surface area contributed by atoms with Crippen LogP contribution in [0.4, 0.5) is 0 Å². The summed E-state index contributed by atoms with van der Waals surface area (Å²) in [6.07, 6.45) is 1.17. The van der Waals surface area contributed by atoms with E-state index >= 15 is 0 Å². The first-order chi connectivity index (χ1) is 10.9. The van der Waals surface area contributed by atoms with Gasteiger partial charge in [0.05, 0.1) is 0 Å². The largest absolute Gasteiger partial charge is 0.490 e. The first-order valence-corrected chi connectivity index (χ1v) is 8.34. The number of halogens is 1. The smallest absolute Gasteiger partial charge is 0.262 e. The number of carbonyl (C=O) groups excluding carboxylic acids is 2. The van der Waals surface area contributed by atoms with Crippen LogP contribution in [-0.2, 0) is 15.1 Å². The van der Waals surface area contributed by atoms with Gasteiger partial charge in [-0.15, -0.1) is 0 Å². The molecule has 1 aliphatic carbocycles. The highest BCUT2D eigenvalue weighted by Crippen LogP contribution is 2.53. The minimum absolute atomic E-state index is 0.142. The van der Waals surface area contributed by atoms with Gasteiger partial charge in [-0.1, -0.05) is 15.9 Å². The molecule has 3 unspecified atom stereocenters. The van der Waals surface area contributed by atoms with Crippen molar-refractivity contribution in [1.82, 2.24) is 4.90 Å². The second kappa shape index (κ2) is 4.80. The quantitative estimate of drug-likeness (QED) is 0.743. The van der Waals surface area contributed by atoms with E-state index in [0.29, 0.717) is 24.2 Å². The molecule has 0 aromatic heterocycles. The zero-order valence-electron chi connectivity index (χ0n) is 12.6. The van der Waals surface area contributed by atoms with Crippen LogP contribution in [0, 0.1) is 5.92 Å². The number of rotatable bonds is 0. The Kier molecular flexibility index (Phi) is 3.07. The van der Waals surface area contributed by atoms with Gasteiger partial charge in [0, 0.05) is 35.8 Å². The highest BCUT2D eigenvalue weighted by Gasteiger charge is 2.61. The van der Waals surface area contributed by atoms with Crippen molar-refractivity contribution in [2.45, 2.75) is 30.9 Å². The van der Waals surface area contributed by atoms with Crippen molar-refractivity contribution < 1.29 is 14.3 Å². The molecule has 3 atom stereocenters. The molecule has 1 spiro atoms. The number of Topliss-reactive ketones (excluding diaryl/α,β-unsaturated/α-hetero) is 1. The third-order valence-corrected chi connectivity index (χ3v) is 5.53. The molecule has 1 aromatic carbocycles. The van der Waals surface area contributed by atoms with Crippen molar-refractivity contribution in [1.29, 1.82) is 0 Å². The molecule has 1 saturated carbocycles. The summed E-state index contributed by atoms with van der Waals surface area (Å²) in [5, 5.41) is 0. The molecular weight excluding hydrogens is 362 g/mol. The summed E-state index contributed by atoms with van der Waals surface area (Å²) in [7, 11) is 1.61. The minimum Gasteiger partial charge on any atom is -0.490 e. The number of nitrogens with zero attached hydrogens (tertiary/aromatic N) is 2. The molecule has 7 heteroatoms. The fourth-order valence-corrected chi connectivity index (χ4v) is 4.25. The first-order valence-electron chi connectivity index (χ1n) is 7.55. The zero-order valence-corrected chi connectivity index (χ0v) is 14.2. The number of hydrogen-bond donors (Lipinski definition) is 1. The lowest BCUT2D eigenvalue weighted by Gasteiger charge is -2.45. The van der Waals surface area contributed by atoms with E-state index < -0.39 is 5.54 Å². The van der Waals surface area contributed by atoms with Gasteiger partial charge < -0.3 is 10.5 Å². The van der Waals surface area contributed by atoms with Crippen molar-refractivity contribution in [3.63, 3.8) is 0 Å². The Balaban J connectivity index is 1.98. The van der Waals surface area contributed by atoms with Gasteiger partial charge in [-0.2, -0.15) is 0 Å². The Hall–Kier alpha value is -1.89. The Morgan fingerprint density at radius 1 is 1.43 bits per heavy atom. The van der Waals surface area contributed by atoms with E-state index in [4.69, 9.17) is 10.5 Å². The molecule has 6 nitrogen and oxygen atoms in total. The van der Waals surface area contributed by atoms with Gasteiger partial charge in [0.1, 0.15) is 17.6 Å². The van der Waals surface area contributed by atoms with Crippen LogP contribution in [-0.4, -0.2) is 35.7 Å². The van der Waals surface area contributed by atoms with Crippen LogP contribution < -0.4 is 10.5 Å². The van der Waals surface area contributed by atoms with Gasteiger partial charge in [0.25, 0.3) is 5.91 Å². The number of likely N-dealkylation sites (N-methyl/N-ethyl adjacent to an activating group) is 1. The van der Waals surface area contributed by atoms with E-state index in [-0.39, 0.29) is 36.1 Å². The normalized spacial score (nSPS) is 32.4. The summed E-state index contributed by atoms with van der Waals surface area (Å²) in [5.41, 5.74) is 5.47. The van der Waals surface area contributed by atoms with Crippen LogP contribution in [0.5, 0.6) is 5.75 Å². The minimum atomic E-state index is -1.16. The number of ether oxygens (including phenoxy) is 1. The van der Waals surface area contributed by atoms with Crippen LogP contribution in [0.25, 0.3) is 0 Å². The molecule has 0 saturated heterocycles. The summed E-state index contributed by atoms with van der Waals surface area (Å²) in [6, 6.07) is 5.56. The van der Waals surface area contributed by atoms with E-state index in [1.807, 2.05) is 18.2 Å². The van der Waals surface area contributed by atoms with Crippen LogP contribution in [0.15, 0.2) is 27.7 Å². The van der Waals surface area contributed by atoms with E-state index in [0.717, 1.165) is 4.47 Å². The van der Waals surface area contributed by atoms with E-state index in [2.05, 4.69) is 20.9 Å². The van der Waals surface area contributed by atoms with Gasteiger partial charge in [-0.3, -0.25) is 14.5 Å². The predicted molar refractivity (Wildman–Crippen MR) is 87.0 cm³/mol. The summed E-state index contributed by atoms with van der Waals surface area (Å²) in [6.45, 7) is 0. The third-order valence-electron chi connectivity index (χ3n) is 5.04. The van der Waals surface area contributed by atoms with Gasteiger partial charge in [-0.05, 0) is 24.6 Å². The van der Waals surface area contributed by atoms with Crippen LogP contribution in [0.1, 0.15) is 24.8 Å². The van der Waals surface area contributed by atoms with Crippen LogP contribution in [0.2, 0.25) is 0 Å². The highest BCUT2D eigenvalue weighted by atomic mass is 79.9. The summed E-state index contributed by atoms with van der Waals surface area (Å²) >= 11 is 3.44. The van der Waals surface area contributed by atoms with Crippen molar-refractivity contribution >= 4 is 33.6 Å². The lowest BCUT2D eigenvalue weighted by Crippen LogP contribution is -2.54. The maximum absolute atomic E-state index is 13.1. The number of guanidine groups is 1. The summed E-state index contributed by atoms with van der Waals surface area (Å²) in [5.74, 6) is 0.455. The van der Waals surface area contributed by atoms with E-state index in [9.17, 15) is 9.59 Å². The maximum Gasteiger partial charge on any atom is 0.262 e. The first kappa shape index (κ1) is 14.7. The van der Waals surface area contributed by atoms with E-state index in [1.54, 1.807) is 7.05 Å². The van der Waals surface area contributed by atoms with Crippen LogP contribution >= 0.6 is 15.9 Å². The number of amides is 1. The number of fused-ring (bicyclic) bond motifs is 4. The summed E-state index contributed by atoms with van der Waals surface area (Å²) in [4.78, 5) is 31.0. The van der Waals surface area contributed by atoms with Crippen molar-refractivity contribution in [3.05, 3.63) is 28.2 Å². The molecule has 1 amide bonds. The number of carbonyl (C=O) groups is 2. The molecule has 1 aromatic rings. The lowest BCUT2D eigenvalue weighted by molar-refractivity contribution is -0.139. The maximum atomic E-state index is 13.1. The molecule has 0 bridgehead atoms. The van der Waals surface area contributed by atoms with Crippen molar-refractivity contribution in [2.24, 2.45) is 16.6 Å². The molecule has 120 valence electrons. The average Bonchev–Trinajstić information content (AvgIpc) is 2.75. The van der Waals surface area contributed by atoms with Gasteiger partial charge in [0.15, 0.2) is 11.5 Å². The lowest BCUT2D eigenvalue weighted by atomic mass is 9.67. The van der Waals surface area contributed by atoms with Crippen LogP contribution in [0.3, 0.4) is 0 Å². The summed E-state index contributed by atoms with van der Waals surface area (Å²) < 4.78 is 6.92. The Bertz CT molecular complexity index is 763. The second-order valence-electron chi connectivity index (χ2n) is 6.29. The fourth-order valence-electron chi connectivity index (χ4n) is 3.89. The number of ketones is 1. The third kappa shape index (κ3) is 1.89. The second-order valence-corrected chi connectivity index (χ2v) is 7.20. The molecule has 2 N–H and O–H groups in total. The van der Waals surface area contributed by atoms with E-state index in [1.165, 1.54) is 4.90 Å². The standard InChI is InChI=1S/C16H16BrN3O3/c1-20-14(22)16(19-15(20)18)10-6-8(17)2-4-12(10)23-13-5-3-9(21)7-11(13)16/h2,4,6,11,13H,3,5,7H2,1H3,(H2,18,19). The molecule has 0 radical (unpaired) electrons. The van der Waals surface area contributed by atoms with Crippen molar-refractivity contribution in [3.8, 4) is 5.75 Å². The fraction of sp³-hybridized carbons (Fsp3) is 0.438. The molecule has 2 heterocycles. The molecule has 2 aliphatic heterocycles. The Morgan fingerprint density at radius 3 is 2.91 bits per heavy atom. The highest BCUT2D eigenvalue weighted by molar-refractivity contribution is 9.10. The molecule has 3 aliphatic rings. The average molecular weight is 378 g/mol. The number of nitrogens with two attached hydrogens (primary N) is 1. The molecule has 4 rings (SSSR count). The molecule has 23 heavy (non-hydrogen) atoms. The number of hydrogen-bond acceptors (Lipinski definition) is 5. The predicted octanol–water partition coefficient (Wildman–Crippen LogP) is 1.56.